The molecule has 3 aromatic rings. The largest absolute Gasteiger partial charge is 0.407 e. The minimum absolute atomic E-state index is 0.0381. The number of hydrogen-bond donors (Lipinski definition) is 2. The van der Waals surface area contributed by atoms with Gasteiger partial charge in [-0.05, 0) is 60.4 Å². The van der Waals surface area contributed by atoms with Gasteiger partial charge >= 0.3 is 6.18 Å². The molecule has 0 saturated carbocycles. The third kappa shape index (κ3) is 9.36. The monoisotopic (exact) mass is 607 g/mol. The lowest BCUT2D eigenvalue weighted by Gasteiger charge is -2.30. The molecule has 0 aromatic heterocycles. The van der Waals surface area contributed by atoms with Crippen LogP contribution in [-0.2, 0) is 21.1 Å². The van der Waals surface area contributed by atoms with E-state index in [1.807, 2.05) is 6.07 Å². The lowest BCUT2D eigenvalue weighted by Crippen LogP contribution is -2.53. The van der Waals surface area contributed by atoms with Crippen LogP contribution in [0, 0.1) is 17.1 Å². The fourth-order valence-corrected chi connectivity index (χ4v) is 4.94. The van der Waals surface area contributed by atoms with E-state index in [0.717, 1.165) is 20.1 Å². The van der Waals surface area contributed by atoms with Gasteiger partial charge in [0.25, 0.3) is 0 Å². The van der Waals surface area contributed by atoms with E-state index in [4.69, 9.17) is 0 Å². The third-order valence-corrected chi connectivity index (χ3v) is 7.51. The van der Waals surface area contributed by atoms with E-state index in [9.17, 15) is 40.4 Å². The highest BCUT2D eigenvalue weighted by Crippen LogP contribution is 2.35. The van der Waals surface area contributed by atoms with Crippen molar-refractivity contribution in [2.75, 3.05) is 6.26 Å². The molecule has 3 atom stereocenters. The maximum absolute atomic E-state index is 14.7. The van der Waals surface area contributed by atoms with Crippen LogP contribution in [0.4, 0.5) is 22.0 Å². The fraction of sp³-hybridized carbons (Fsp3) is 0.333. The minimum Gasteiger partial charge on any atom is -0.339 e. The Hall–Kier alpha value is -3.82. The van der Waals surface area contributed by atoms with Crippen molar-refractivity contribution >= 4 is 15.7 Å². The van der Waals surface area contributed by atoms with Gasteiger partial charge in [0.15, 0.2) is 9.84 Å². The molecule has 0 spiro atoms. The third-order valence-electron chi connectivity index (χ3n) is 6.39. The quantitative estimate of drug-likeness (QED) is 0.267. The number of nitrogens with one attached hydrogen (secondary N) is 2. The van der Waals surface area contributed by atoms with Crippen LogP contribution in [0.3, 0.4) is 0 Å². The summed E-state index contributed by atoms with van der Waals surface area (Å²) in [5, 5.41) is 14.1. The normalized spacial score (nSPS) is 14.5. The first-order chi connectivity index (χ1) is 19.5. The smallest absolute Gasteiger partial charge is 0.339 e. The number of carbonyl (C=O) groups is 1. The summed E-state index contributed by atoms with van der Waals surface area (Å²) in [7, 11) is -3.42. The van der Waals surface area contributed by atoms with Crippen molar-refractivity contribution in [2.45, 2.75) is 61.6 Å². The van der Waals surface area contributed by atoms with E-state index in [0.29, 0.717) is 16.7 Å². The fourth-order valence-electron chi connectivity index (χ4n) is 4.31. The second-order valence-electron chi connectivity index (χ2n) is 10.6. The molecule has 6 nitrogen and oxygen atoms in total. The van der Waals surface area contributed by atoms with Crippen LogP contribution in [0.1, 0.15) is 37.4 Å². The Balaban J connectivity index is 1.84. The second kappa shape index (κ2) is 13.0. The summed E-state index contributed by atoms with van der Waals surface area (Å²) < 4.78 is 94.0. The molecule has 0 aliphatic heterocycles. The van der Waals surface area contributed by atoms with Gasteiger partial charge < -0.3 is 5.32 Å². The summed E-state index contributed by atoms with van der Waals surface area (Å²) in [6.45, 7) is 2.25. The molecule has 0 unspecified atom stereocenters. The number of sulfone groups is 1. The van der Waals surface area contributed by atoms with Gasteiger partial charge in [0, 0.05) is 19.1 Å². The predicted molar refractivity (Wildman–Crippen MR) is 148 cm³/mol. The highest BCUT2D eigenvalue weighted by molar-refractivity contribution is 7.90. The molecule has 0 heterocycles. The standard InChI is InChI=1S/C30H30F5N3O3S/c1-29(2,32)17-26(28(39)37-24(18-36)16-19-4-12-23(31)13-5-19)38-27(30(33,34)35)22-8-6-20(7-9-22)21-10-14-25(15-11-21)42(3,40)41/h4-15,24,26-27,38H,16-17H2,1-3H3,(H,37,39)/t24-,26-,27-/m0/s1. The average molecular weight is 608 g/mol. The first-order valence-electron chi connectivity index (χ1n) is 12.8. The van der Waals surface area contributed by atoms with Crippen LogP contribution in [0.5, 0.6) is 0 Å². The number of amides is 1. The van der Waals surface area contributed by atoms with Crippen LogP contribution < -0.4 is 10.6 Å². The first kappa shape index (κ1) is 32.7. The zero-order valence-corrected chi connectivity index (χ0v) is 23.9. The average Bonchev–Trinajstić information content (AvgIpc) is 2.90. The van der Waals surface area contributed by atoms with Gasteiger partial charge in [0.1, 0.15) is 23.6 Å². The Bertz CT molecular complexity index is 1510. The molecule has 12 heteroatoms. The van der Waals surface area contributed by atoms with Gasteiger partial charge in [-0.2, -0.15) is 18.4 Å². The number of hydrogen-bond acceptors (Lipinski definition) is 5. The van der Waals surface area contributed by atoms with Crippen molar-refractivity contribution in [1.82, 2.24) is 10.6 Å². The number of nitriles is 1. The maximum atomic E-state index is 14.7. The SMILES string of the molecule is CC(C)(F)C[C@H](N[C@@H](c1ccc(-c2ccc(S(C)(=O)=O)cc2)cc1)C(F)(F)F)C(=O)N[C@H](C#N)Cc1ccc(F)cc1. The van der Waals surface area contributed by atoms with Crippen LogP contribution >= 0.6 is 0 Å². The number of alkyl halides is 4. The Morgan fingerprint density at radius 1 is 0.905 bits per heavy atom. The molecule has 3 rings (SSSR count). The highest BCUT2D eigenvalue weighted by Gasteiger charge is 2.44. The molecule has 2 N–H and O–H groups in total. The summed E-state index contributed by atoms with van der Waals surface area (Å²) in [5.41, 5.74) is -0.664. The maximum Gasteiger partial charge on any atom is 0.407 e. The molecule has 42 heavy (non-hydrogen) atoms. The van der Waals surface area contributed by atoms with Crippen LogP contribution in [0.25, 0.3) is 11.1 Å². The van der Waals surface area contributed by atoms with Crippen molar-refractivity contribution in [3.8, 4) is 17.2 Å². The molecule has 0 fully saturated rings. The molecule has 0 radical (unpaired) electrons. The topological polar surface area (TPSA) is 99.1 Å². The number of carbonyl (C=O) groups excluding carboxylic acids is 1. The molecular weight excluding hydrogens is 577 g/mol. The van der Waals surface area contributed by atoms with Crippen molar-refractivity contribution < 1.29 is 35.2 Å². The molecule has 0 bridgehead atoms. The molecule has 1 amide bonds. The van der Waals surface area contributed by atoms with E-state index in [2.05, 4.69) is 10.6 Å². The Kier molecular flexibility index (Phi) is 10.1. The number of nitrogens with zero attached hydrogens (tertiary/aromatic N) is 1. The summed E-state index contributed by atoms with van der Waals surface area (Å²) >= 11 is 0. The van der Waals surface area contributed by atoms with Crippen LogP contribution in [0.2, 0.25) is 0 Å². The predicted octanol–water partition coefficient (Wildman–Crippen LogP) is 5.85. The molecule has 0 saturated heterocycles. The van der Waals surface area contributed by atoms with Gasteiger partial charge in [-0.25, -0.2) is 17.2 Å². The van der Waals surface area contributed by atoms with Gasteiger partial charge in [0.05, 0.1) is 17.0 Å². The number of rotatable bonds is 11. The summed E-state index contributed by atoms with van der Waals surface area (Å²) in [6, 6.07) is 13.0. The molecule has 224 valence electrons. The Labute approximate surface area is 241 Å². The second-order valence-corrected chi connectivity index (χ2v) is 12.6. The molecular formula is C30H30F5N3O3S. The van der Waals surface area contributed by atoms with E-state index in [1.165, 1.54) is 72.8 Å². The molecule has 0 aliphatic rings. The van der Waals surface area contributed by atoms with Gasteiger partial charge in [-0.3, -0.25) is 10.1 Å². The summed E-state index contributed by atoms with van der Waals surface area (Å²) in [5.74, 6) is -1.49. The lowest BCUT2D eigenvalue weighted by molar-refractivity contribution is -0.161. The first-order valence-corrected chi connectivity index (χ1v) is 14.7. The van der Waals surface area contributed by atoms with E-state index in [-0.39, 0.29) is 16.9 Å². The Morgan fingerprint density at radius 2 is 1.43 bits per heavy atom. The van der Waals surface area contributed by atoms with Crippen molar-refractivity contribution in [2.24, 2.45) is 0 Å². The lowest BCUT2D eigenvalue weighted by atomic mass is 9.96. The zero-order valence-electron chi connectivity index (χ0n) is 23.0. The Morgan fingerprint density at radius 3 is 1.88 bits per heavy atom. The van der Waals surface area contributed by atoms with E-state index >= 15 is 0 Å². The summed E-state index contributed by atoms with van der Waals surface area (Å²) in [6.07, 6.45) is -4.47. The van der Waals surface area contributed by atoms with Crippen molar-refractivity contribution in [3.63, 3.8) is 0 Å². The van der Waals surface area contributed by atoms with Gasteiger partial charge in [0.2, 0.25) is 5.91 Å². The molecule has 3 aromatic carbocycles. The van der Waals surface area contributed by atoms with Gasteiger partial charge in [-0.15, -0.1) is 0 Å². The molecule has 0 aliphatic carbocycles. The number of halogens is 5. The minimum atomic E-state index is -4.87. The van der Waals surface area contributed by atoms with E-state index < -0.39 is 58.0 Å². The summed E-state index contributed by atoms with van der Waals surface area (Å²) in [4.78, 5) is 13.2. The number of benzene rings is 3. The van der Waals surface area contributed by atoms with Crippen molar-refractivity contribution in [3.05, 3.63) is 89.7 Å². The zero-order chi connectivity index (χ0) is 31.3. The van der Waals surface area contributed by atoms with E-state index in [1.54, 1.807) is 0 Å². The van der Waals surface area contributed by atoms with Gasteiger partial charge in [-0.1, -0.05) is 48.5 Å². The van der Waals surface area contributed by atoms with Crippen molar-refractivity contribution in [1.29, 1.82) is 5.26 Å². The highest BCUT2D eigenvalue weighted by atomic mass is 32.2. The van der Waals surface area contributed by atoms with Crippen LogP contribution in [-0.4, -0.2) is 44.5 Å². The van der Waals surface area contributed by atoms with Crippen LogP contribution in [0.15, 0.2) is 77.7 Å².